The van der Waals surface area contributed by atoms with Crippen molar-refractivity contribution in [1.29, 1.82) is 5.26 Å². The van der Waals surface area contributed by atoms with Gasteiger partial charge in [0.15, 0.2) is 5.96 Å². The van der Waals surface area contributed by atoms with E-state index in [9.17, 15) is 5.26 Å². The number of nitriles is 1. The Hall–Kier alpha value is -3.05. The molecular formula is C20H29N7O. The van der Waals surface area contributed by atoms with E-state index in [0.29, 0.717) is 30.0 Å². The van der Waals surface area contributed by atoms with Crippen molar-refractivity contribution < 1.29 is 4.74 Å². The number of benzene rings is 1. The number of aryl methyl sites for hydroxylation is 1. The van der Waals surface area contributed by atoms with Crippen LogP contribution in [0.4, 0.5) is 5.82 Å². The Labute approximate surface area is 166 Å². The summed E-state index contributed by atoms with van der Waals surface area (Å²) in [7, 11) is 1.70. The number of hydrogen-bond acceptors (Lipinski definition) is 5. The van der Waals surface area contributed by atoms with Crippen LogP contribution in [0.15, 0.2) is 35.3 Å². The van der Waals surface area contributed by atoms with Gasteiger partial charge >= 0.3 is 0 Å². The van der Waals surface area contributed by atoms with Gasteiger partial charge in [-0.25, -0.2) is 4.68 Å². The standard InChI is InChI=1S/C20H29N7O/c1-3-23-20(25-13-8-14-28-2)24-12-7-11-18-17(15-21)19(22)27(26-18)16-9-5-4-6-10-16/h4-6,9-10H,3,7-8,11-14,22H2,1-2H3,(H2,23,24,25). The summed E-state index contributed by atoms with van der Waals surface area (Å²) in [6.07, 6.45) is 2.33. The number of nitrogens with zero attached hydrogens (tertiary/aromatic N) is 4. The highest BCUT2D eigenvalue weighted by Gasteiger charge is 2.16. The number of nitrogen functional groups attached to an aromatic ring is 1. The van der Waals surface area contributed by atoms with Gasteiger partial charge in [-0.1, -0.05) is 18.2 Å². The van der Waals surface area contributed by atoms with Crippen molar-refractivity contribution in [1.82, 2.24) is 20.4 Å². The average molecular weight is 384 g/mol. The number of nitrogens with two attached hydrogens (primary N) is 1. The minimum Gasteiger partial charge on any atom is -0.385 e. The fourth-order valence-electron chi connectivity index (χ4n) is 2.74. The molecule has 0 unspecified atom stereocenters. The molecule has 0 aliphatic carbocycles. The van der Waals surface area contributed by atoms with Crippen LogP contribution < -0.4 is 16.4 Å². The number of hydrogen-bond donors (Lipinski definition) is 3. The van der Waals surface area contributed by atoms with Crippen molar-refractivity contribution in [2.45, 2.75) is 26.2 Å². The molecule has 0 aliphatic rings. The second kappa shape index (κ2) is 11.6. The molecule has 0 saturated heterocycles. The van der Waals surface area contributed by atoms with Crippen LogP contribution in [0.25, 0.3) is 5.69 Å². The third kappa shape index (κ3) is 5.99. The van der Waals surface area contributed by atoms with Crippen molar-refractivity contribution in [2.24, 2.45) is 4.99 Å². The van der Waals surface area contributed by atoms with Gasteiger partial charge in [-0.3, -0.25) is 4.99 Å². The number of aromatic nitrogens is 2. The summed E-state index contributed by atoms with van der Waals surface area (Å²) in [5.41, 5.74) is 8.13. The summed E-state index contributed by atoms with van der Waals surface area (Å²) in [6.45, 7) is 4.98. The first-order valence-corrected chi connectivity index (χ1v) is 9.55. The number of guanidine groups is 1. The highest BCUT2D eigenvalue weighted by atomic mass is 16.5. The van der Waals surface area contributed by atoms with Gasteiger partial charge in [-0.2, -0.15) is 10.4 Å². The number of rotatable bonds is 10. The number of para-hydroxylation sites is 1. The van der Waals surface area contributed by atoms with E-state index in [2.05, 4.69) is 26.8 Å². The molecule has 2 rings (SSSR count). The summed E-state index contributed by atoms with van der Waals surface area (Å²) in [6, 6.07) is 11.8. The van der Waals surface area contributed by atoms with Gasteiger partial charge in [-0.05, 0) is 38.3 Å². The summed E-state index contributed by atoms with van der Waals surface area (Å²) < 4.78 is 6.67. The summed E-state index contributed by atoms with van der Waals surface area (Å²) in [5, 5.41) is 20.5. The lowest BCUT2D eigenvalue weighted by Crippen LogP contribution is -2.38. The van der Waals surface area contributed by atoms with Crippen LogP contribution in [0.2, 0.25) is 0 Å². The van der Waals surface area contributed by atoms with Crippen LogP contribution in [-0.2, 0) is 11.2 Å². The van der Waals surface area contributed by atoms with Crippen LogP contribution in [0, 0.1) is 11.3 Å². The Morgan fingerprint density at radius 2 is 2.07 bits per heavy atom. The molecule has 0 spiro atoms. The minimum atomic E-state index is 0.375. The Morgan fingerprint density at radius 3 is 2.75 bits per heavy atom. The number of nitrogens with one attached hydrogen (secondary N) is 2. The topological polar surface area (TPSA) is 113 Å². The monoisotopic (exact) mass is 383 g/mol. The highest BCUT2D eigenvalue weighted by Crippen LogP contribution is 2.21. The second-order valence-corrected chi connectivity index (χ2v) is 6.20. The van der Waals surface area contributed by atoms with E-state index in [1.54, 1.807) is 11.8 Å². The molecule has 8 heteroatoms. The van der Waals surface area contributed by atoms with Crippen molar-refractivity contribution in [3.63, 3.8) is 0 Å². The van der Waals surface area contributed by atoms with E-state index < -0.39 is 0 Å². The summed E-state index contributed by atoms with van der Waals surface area (Å²) in [4.78, 5) is 4.57. The molecule has 1 heterocycles. The molecule has 0 bridgehead atoms. The highest BCUT2D eigenvalue weighted by molar-refractivity contribution is 5.79. The molecule has 150 valence electrons. The zero-order valence-corrected chi connectivity index (χ0v) is 16.6. The van der Waals surface area contributed by atoms with E-state index in [-0.39, 0.29) is 0 Å². The van der Waals surface area contributed by atoms with Crippen molar-refractivity contribution in [3.8, 4) is 11.8 Å². The van der Waals surface area contributed by atoms with E-state index >= 15 is 0 Å². The van der Waals surface area contributed by atoms with Gasteiger partial charge in [0, 0.05) is 33.4 Å². The zero-order valence-electron chi connectivity index (χ0n) is 16.6. The molecule has 0 radical (unpaired) electrons. The second-order valence-electron chi connectivity index (χ2n) is 6.20. The lowest BCUT2D eigenvalue weighted by Gasteiger charge is -2.10. The van der Waals surface area contributed by atoms with Gasteiger partial charge in [0.25, 0.3) is 0 Å². The van der Waals surface area contributed by atoms with E-state index in [0.717, 1.165) is 44.2 Å². The Morgan fingerprint density at radius 1 is 1.29 bits per heavy atom. The predicted molar refractivity (Wildman–Crippen MR) is 111 cm³/mol. The van der Waals surface area contributed by atoms with Gasteiger partial charge in [0.2, 0.25) is 0 Å². The first-order valence-electron chi connectivity index (χ1n) is 9.55. The SMILES string of the molecule is CCNC(=NCCCc1nn(-c2ccccc2)c(N)c1C#N)NCCCOC. The van der Waals surface area contributed by atoms with Crippen molar-refractivity contribution in [3.05, 3.63) is 41.6 Å². The molecule has 28 heavy (non-hydrogen) atoms. The van der Waals surface area contributed by atoms with Crippen LogP contribution in [-0.4, -0.2) is 49.1 Å². The Bertz CT molecular complexity index is 793. The molecule has 8 nitrogen and oxygen atoms in total. The molecule has 4 N–H and O–H groups in total. The number of anilines is 1. The van der Waals surface area contributed by atoms with Crippen LogP contribution in [0.1, 0.15) is 31.0 Å². The lowest BCUT2D eigenvalue weighted by molar-refractivity contribution is 0.195. The fraction of sp³-hybridized carbons (Fsp3) is 0.450. The van der Waals surface area contributed by atoms with Crippen molar-refractivity contribution in [2.75, 3.05) is 39.1 Å². The van der Waals surface area contributed by atoms with Gasteiger partial charge in [0.05, 0.1) is 11.4 Å². The van der Waals surface area contributed by atoms with E-state index in [1.807, 2.05) is 37.3 Å². The zero-order chi connectivity index (χ0) is 20.2. The van der Waals surface area contributed by atoms with Gasteiger partial charge in [-0.15, -0.1) is 0 Å². The maximum absolute atomic E-state index is 9.47. The van der Waals surface area contributed by atoms with E-state index in [1.165, 1.54) is 0 Å². The van der Waals surface area contributed by atoms with E-state index in [4.69, 9.17) is 10.5 Å². The molecule has 0 fully saturated rings. The third-order valence-corrected chi connectivity index (χ3v) is 4.11. The molecule has 0 aliphatic heterocycles. The molecule has 1 aromatic carbocycles. The first kappa shape index (κ1) is 21.3. The maximum Gasteiger partial charge on any atom is 0.191 e. The average Bonchev–Trinajstić information content (AvgIpc) is 3.04. The van der Waals surface area contributed by atoms with Gasteiger partial charge < -0.3 is 21.1 Å². The minimum absolute atomic E-state index is 0.375. The van der Waals surface area contributed by atoms with Crippen LogP contribution in [0.5, 0.6) is 0 Å². The third-order valence-electron chi connectivity index (χ3n) is 4.11. The quantitative estimate of drug-likeness (QED) is 0.328. The summed E-state index contributed by atoms with van der Waals surface area (Å²) in [5.74, 6) is 1.16. The largest absolute Gasteiger partial charge is 0.385 e. The number of methoxy groups -OCH3 is 1. The molecule has 0 amide bonds. The maximum atomic E-state index is 9.47. The first-order chi connectivity index (χ1) is 13.7. The van der Waals surface area contributed by atoms with Crippen LogP contribution >= 0.6 is 0 Å². The predicted octanol–water partition coefficient (Wildman–Crippen LogP) is 1.85. The number of aliphatic imine (C=N–C) groups is 1. The normalized spacial score (nSPS) is 11.2. The molecule has 2 aromatic rings. The molecule has 0 saturated carbocycles. The van der Waals surface area contributed by atoms with Crippen LogP contribution in [0.3, 0.4) is 0 Å². The molecule has 1 aromatic heterocycles. The smallest absolute Gasteiger partial charge is 0.191 e. The van der Waals surface area contributed by atoms with Crippen molar-refractivity contribution >= 4 is 11.8 Å². The molecule has 0 atom stereocenters. The Balaban J connectivity index is 1.97. The number of ether oxygens (including phenoxy) is 1. The summed E-state index contributed by atoms with van der Waals surface area (Å²) >= 11 is 0. The fourth-order valence-corrected chi connectivity index (χ4v) is 2.74. The Kier molecular flexibility index (Phi) is 8.82. The molecular weight excluding hydrogens is 354 g/mol. The van der Waals surface area contributed by atoms with Gasteiger partial charge in [0.1, 0.15) is 17.5 Å². The lowest BCUT2D eigenvalue weighted by atomic mass is 10.1.